The van der Waals surface area contributed by atoms with Crippen LogP contribution in [0.1, 0.15) is 28.7 Å². The molecule has 1 amide bonds. The Kier molecular flexibility index (Phi) is 5.47. The molecular formula is C17H26N2O3S. The smallest absolute Gasteiger partial charge is 0.227 e. The number of rotatable bonds is 3. The van der Waals surface area contributed by atoms with Crippen molar-refractivity contribution in [1.82, 2.24) is 9.21 Å². The fourth-order valence-corrected chi connectivity index (χ4v) is 4.10. The first-order valence-electron chi connectivity index (χ1n) is 7.98. The summed E-state index contributed by atoms with van der Waals surface area (Å²) in [6, 6.07) is 4.20. The molecule has 0 aliphatic carbocycles. The molecule has 0 atom stereocenters. The SMILES string of the molecule is Cc1cc(C)c(CC(=O)N2CCCN(S(C)(=O)=O)CC2)c(C)c1. The Labute approximate surface area is 139 Å². The van der Waals surface area contributed by atoms with Crippen molar-refractivity contribution in [2.24, 2.45) is 0 Å². The van der Waals surface area contributed by atoms with Crippen LogP contribution in [0.3, 0.4) is 0 Å². The molecule has 1 fully saturated rings. The van der Waals surface area contributed by atoms with Crippen LogP contribution < -0.4 is 0 Å². The Bertz CT molecular complexity index is 675. The molecule has 1 aliphatic rings. The maximum Gasteiger partial charge on any atom is 0.227 e. The van der Waals surface area contributed by atoms with Crippen molar-refractivity contribution in [2.75, 3.05) is 32.4 Å². The zero-order valence-corrected chi connectivity index (χ0v) is 15.2. The van der Waals surface area contributed by atoms with E-state index < -0.39 is 10.0 Å². The molecule has 0 saturated carbocycles. The number of hydrogen-bond acceptors (Lipinski definition) is 3. The van der Waals surface area contributed by atoms with E-state index in [4.69, 9.17) is 0 Å². The van der Waals surface area contributed by atoms with E-state index in [2.05, 4.69) is 19.1 Å². The fourth-order valence-electron chi connectivity index (χ4n) is 3.23. The van der Waals surface area contributed by atoms with Gasteiger partial charge in [0.15, 0.2) is 0 Å². The minimum absolute atomic E-state index is 0.0791. The van der Waals surface area contributed by atoms with Gasteiger partial charge >= 0.3 is 0 Å². The van der Waals surface area contributed by atoms with Crippen LogP contribution in [-0.2, 0) is 21.2 Å². The summed E-state index contributed by atoms with van der Waals surface area (Å²) >= 11 is 0. The molecule has 0 spiro atoms. The van der Waals surface area contributed by atoms with Crippen LogP contribution >= 0.6 is 0 Å². The van der Waals surface area contributed by atoms with E-state index in [1.54, 1.807) is 4.90 Å². The first-order chi connectivity index (χ1) is 10.7. The molecule has 23 heavy (non-hydrogen) atoms. The normalized spacial score (nSPS) is 17.1. The third-order valence-corrected chi connectivity index (χ3v) is 5.75. The number of carbonyl (C=O) groups is 1. The maximum absolute atomic E-state index is 12.6. The summed E-state index contributed by atoms with van der Waals surface area (Å²) in [5, 5.41) is 0. The van der Waals surface area contributed by atoms with Gasteiger partial charge in [0.25, 0.3) is 0 Å². The maximum atomic E-state index is 12.6. The average molecular weight is 338 g/mol. The highest BCUT2D eigenvalue weighted by atomic mass is 32.2. The molecule has 5 nitrogen and oxygen atoms in total. The van der Waals surface area contributed by atoms with E-state index in [0.717, 1.165) is 16.7 Å². The van der Waals surface area contributed by atoms with Crippen LogP contribution in [-0.4, -0.2) is 56.0 Å². The van der Waals surface area contributed by atoms with Crippen LogP contribution in [0.4, 0.5) is 0 Å². The zero-order chi connectivity index (χ0) is 17.2. The minimum atomic E-state index is -3.18. The molecule has 1 heterocycles. The molecule has 1 aromatic carbocycles. The van der Waals surface area contributed by atoms with Gasteiger partial charge in [0, 0.05) is 26.2 Å². The van der Waals surface area contributed by atoms with Gasteiger partial charge in [0.1, 0.15) is 0 Å². The third-order valence-electron chi connectivity index (χ3n) is 4.44. The van der Waals surface area contributed by atoms with E-state index in [0.29, 0.717) is 39.0 Å². The molecule has 0 unspecified atom stereocenters. The third kappa shape index (κ3) is 4.54. The van der Waals surface area contributed by atoms with Crippen LogP contribution in [0, 0.1) is 20.8 Å². The standard InChI is InChI=1S/C17H26N2O3S/c1-13-10-14(2)16(15(3)11-13)12-17(20)18-6-5-7-19(9-8-18)23(4,21)22/h10-11H,5-9,12H2,1-4H3. The molecule has 0 N–H and O–H groups in total. The molecule has 2 rings (SSSR count). The van der Waals surface area contributed by atoms with Gasteiger partial charge in [-0.05, 0) is 43.9 Å². The van der Waals surface area contributed by atoms with E-state index in [9.17, 15) is 13.2 Å². The lowest BCUT2D eigenvalue weighted by Crippen LogP contribution is -2.37. The Morgan fingerprint density at radius 2 is 1.65 bits per heavy atom. The number of aryl methyl sites for hydroxylation is 3. The highest BCUT2D eigenvalue weighted by Gasteiger charge is 2.24. The van der Waals surface area contributed by atoms with Gasteiger partial charge in [-0.1, -0.05) is 17.7 Å². The summed E-state index contributed by atoms with van der Waals surface area (Å²) in [6.07, 6.45) is 2.30. The van der Waals surface area contributed by atoms with E-state index in [1.165, 1.54) is 16.1 Å². The molecule has 1 saturated heterocycles. The predicted molar refractivity (Wildman–Crippen MR) is 92.0 cm³/mol. The van der Waals surface area contributed by atoms with Gasteiger partial charge in [-0.2, -0.15) is 0 Å². The van der Waals surface area contributed by atoms with Crippen LogP contribution in [0.15, 0.2) is 12.1 Å². The molecule has 128 valence electrons. The largest absolute Gasteiger partial charge is 0.341 e. The molecular weight excluding hydrogens is 312 g/mol. The van der Waals surface area contributed by atoms with E-state index in [1.807, 2.05) is 13.8 Å². The number of carbonyl (C=O) groups excluding carboxylic acids is 1. The second kappa shape index (κ2) is 7.01. The first-order valence-corrected chi connectivity index (χ1v) is 9.83. The van der Waals surface area contributed by atoms with Crippen molar-refractivity contribution in [2.45, 2.75) is 33.6 Å². The second-order valence-corrected chi connectivity index (χ2v) is 8.43. The summed E-state index contributed by atoms with van der Waals surface area (Å²) in [5.41, 5.74) is 4.58. The monoisotopic (exact) mass is 338 g/mol. The number of hydrogen-bond donors (Lipinski definition) is 0. The number of nitrogens with zero attached hydrogens (tertiary/aromatic N) is 2. The van der Waals surface area contributed by atoms with Gasteiger partial charge in [-0.3, -0.25) is 4.79 Å². The highest BCUT2D eigenvalue weighted by molar-refractivity contribution is 7.88. The molecule has 0 radical (unpaired) electrons. The van der Waals surface area contributed by atoms with Gasteiger partial charge < -0.3 is 4.90 Å². The molecule has 0 aromatic heterocycles. The van der Waals surface area contributed by atoms with Crippen molar-refractivity contribution in [1.29, 1.82) is 0 Å². The topological polar surface area (TPSA) is 57.7 Å². The van der Waals surface area contributed by atoms with Crippen molar-refractivity contribution in [3.05, 3.63) is 34.4 Å². The van der Waals surface area contributed by atoms with Crippen LogP contribution in [0.2, 0.25) is 0 Å². The Morgan fingerprint density at radius 3 is 2.22 bits per heavy atom. The minimum Gasteiger partial charge on any atom is -0.341 e. The summed E-state index contributed by atoms with van der Waals surface area (Å²) in [6.45, 7) is 8.10. The van der Waals surface area contributed by atoms with Gasteiger partial charge in [0.05, 0.1) is 12.7 Å². The van der Waals surface area contributed by atoms with E-state index in [-0.39, 0.29) is 5.91 Å². The quantitative estimate of drug-likeness (QED) is 0.842. The number of amides is 1. The first kappa shape index (κ1) is 17.9. The molecule has 0 bridgehead atoms. The summed E-state index contributed by atoms with van der Waals surface area (Å²) < 4.78 is 24.8. The average Bonchev–Trinajstić information content (AvgIpc) is 2.68. The highest BCUT2D eigenvalue weighted by Crippen LogP contribution is 2.18. The lowest BCUT2D eigenvalue weighted by atomic mass is 9.97. The Hall–Kier alpha value is -1.40. The van der Waals surface area contributed by atoms with Gasteiger partial charge in [-0.25, -0.2) is 12.7 Å². The van der Waals surface area contributed by atoms with Gasteiger partial charge in [-0.15, -0.1) is 0 Å². The second-order valence-electron chi connectivity index (χ2n) is 6.45. The van der Waals surface area contributed by atoms with Crippen molar-refractivity contribution < 1.29 is 13.2 Å². The Morgan fingerprint density at radius 1 is 1.04 bits per heavy atom. The van der Waals surface area contributed by atoms with E-state index >= 15 is 0 Å². The van der Waals surface area contributed by atoms with Gasteiger partial charge in [0.2, 0.25) is 15.9 Å². The zero-order valence-electron chi connectivity index (χ0n) is 14.4. The van der Waals surface area contributed by atoms with Crippen LogP contribution in [0.25, 0.3) is 0 Å². The Balaban J connectivity index is 2.07. The van der Waals surface area contributed by atoms with Crippen molar-refractivity contribution in [3.63, 3.8) is 0 Å². The van der Waals surface area contributed by atoms with Crippen molar-refractivity contribution in [3.8, 4) is 0 Å². The predicted octanol–water partition coefficient (Wildman–Crippen LogP) is 1.65. The summed E-state index contributed by atoms with van der Waals surface area (Å²) in [5.74, 6) is 0.0791. The molecule has 1 aliphatic heterocycles. The lowest BCUT2D eigenvalue weighted by molar-refractivity contribution is -0.130. The molecule has 6 heteroatoms. The lowest BCUT2D eigenvalue weighted by Gasteiger charge is -2.22. The summed E-state index contributed by atoms with van der Waals surface area (Å²) in [7, 11) is -3.18. The van der Waals surface area contributed by atoms with Crippen molar-refractivity contribution >= 4 is 15.9 Å². The number of sulfonamides is 1. The van der Waals surface area contributed by atoms with Crippen LogP contribution in [0.5, 0.6) is 0 Å². The fraction of sp³-hybridized carbons (Fsp3) is 0.588. The molecule has 1 aromatic rings. The number of benzene rings is 1. The summed E-state index contributed by atoms with van der Waals surface area (Å²) in [4.78, 5) is 14.4.